The minimum Gasteiger partial charge on any atom is -0.334 e. The maximum Gasteiger partial charge on any atom is 0.272 e. The second kappa shape index (κ2) is 7.62. The van der Waals surface area contributed by atoms with E-state index in [0.29, 0.717) is 11.7 Å². The number of carbonyl (C=O) groups excluding carboxylic acids is 1. The summed E-state index contributed by atoms with van der Waals surface area (Å²) < 4.78 is 0. The fraction of sp³-hybridized carbons (Fsp3) is 0.474. The Bertz CT molecular complexity index is 671. The monoisotopic (exact) mass is 326 g/mol. The first-order valence-electron chi connectivity index (χ1n) is 8.83. The molecule has 1 aromatic carbocycles. The number of carbonyl (C=O) groups is 1. The fourth-order valence-electron chi connectivity index (χ4n) is 3.27. The summed E-state index contributed by atoms with van der Waals surface area (Å²) in [4.78, 5) is 15.0. The molecule has 2 heterocycles. The van der Waals surface area contributed by atoms with Crippen molar-refractivity contribution in [2.75, 3.05) is 19.6 Å². The van der Waals surface area contributed by atoms with Crippen molar-refractivity contribution in [3.05, 3.63) is 41.6 Å². The van der Waals surface area contributed by atoms with E-state index in [-0.39, 0.29) is 5.91 Å². The topological polar surface area (TPSA) is 61.0 Å². The molecule has 0 radical (unpaired) electrons. The van der Waals surface area contributed by atoms with Crippen LogP contribution in [0, 0.1) is 6.92 Å². The van der Waals surface area contributed by atoms with Crippen LogP contribution in [-0.2, 0) is 0 Å². The Morgan fingerprint density at radius 2 is 1.96 bits per heavy atom. The smallest absolute Gasteiger partial charge is 0.272 e. The van der Waals surface area contributed by atoms with Crippen molar-refractivity contribution in [1.29, 1.82) is 0 Å². The predicted octanol–water partition coefficient (Wildman–Crippen LogP) is 2.99. The molecular formula is C19H26N4O. The van der Waals surface area contributed by atoms with Gasteiger partial charge in [0.05, 0.1) is 5.69 Å². The van der Waals surface area contributed by atoms with E-state index in [2.05, 4.69) is 41.5 Å². The number of aromatic amines is 1. The molecule has 1 aromatic heterocycles. The molecule has 5 heteroatoms. The van der Waals surface area contributed by atoms with Crippen LogP contribution in [0.25, 0.3) is 11.3 Å². The van der Waals surface area contributed by atoms with Crippen LogP contribution in [0.3, 0.4) is 0 Å². The molecule has 1 amide bonds. The maximum absolute atomic E-state index is 13.0. The minimum atomic E-state index is 0.0645. The van der Waals surface area contributed by atoms with E-state index in [1.54, 1.807) is 0 Å². The second-order valence-corrected chi connectivity index (χ2v) is 6.51. The molecule has 1 aliphatic rings. The van der Waals surface area contributed by atoms with E-state index in [9.17, 15) is 4.79 Å². The minimum absolute atomic E-state index is 0.0645. The third-order valence-electron chi connectivity index (χ3n) is 4.63. The fourth-order valence-corrected chi connectivity index (χ4v) is 3.27. The number of benzene rings is 1. The lowest BCUT2D eigenvalue weighted by atomic mass is 10.0. The molecule has 5 nitrogen and oxygen atoms in total. The molecule has 2 N–H and O–H groups in total. The van der Waals surface area contributed by atoms with Gasteiger partial charge in [0.2, 0.25) is 0 Å². The number of piperidine rings is 1. The van der Waals surface area contributed by atoms with Gasteiger partial charge in [-0.1, -0.05) is 36.8 Å². The molecule has 128 valence electrons. The van der Waals surface area contributed by atoms with Crippen molar-refractivity contribution >= 4 is 5.91 Å². The summed E-state index contributed by atoms with van der Waals surface area (Å²) in [5.41, 5.74) is 3.64. The number of rotatable bonds is 5. The van der Waals surface area contributed by atoms with Crippen LogP contribution in [0.2, 0.25) is 0 Å². The quantitative estimate of drug-likeness (QED) is 0.888. The molecule has 1 aliphatic heterocycles. The van der Waals surface area contributed by atoms with Crippen molar-refractivity contribution in [2.24, 2.45) is 0 Å². The highest BCUT2D eigenvalue weighted by atomic mass is 16.2. The van der Waals surface area contributed by atoms with E-state index in [0.717, 1.165) is 50.2 Å². The zero-order valence-corrected chi connectivity index (χ0v) is 14.5. The summed E-state index contributed by atoms with van der Waals surface area (Å²) in [5, 5.41) is 10.6. The van der Waals surface area contributed by atoms with Crippen LogP contribution < -0.4 is 5.32 Å². The number of hydrogen-bond acceptors (Lipinski definition) is 3. The first-order chi connectivity index (χ1) is 11.7. The summed E-state index contributed by atoms with van der Waals surface area (Å²) in [6, 6.07) is 10.4. The molecule has 0 atom stereocenters. The van der Waals surface area contributed by atoms with Gasteiger partial charge in [0.25, 0.3) is 5.91 Å². The Labute approximate surface area is 143 Å². The normalized spacial score (nSPS) is 15.4. The predicted molar refractivity (Wildman–Crippen MR) is 96.0 cm³/mol. The number of nitrogens with zero attached hydrogens (tertiary/aromatic N) is 2. The number of hydrogen-bond donors (Lipinski definition) is 2. The zero-order chi connectivity index (χ0) is 16.9. The van der Waals surface area contributed by atoms with Crippen LogP contribution in [-0.4, -0.2) is 46.7 Å². The van der Waals surface area contributed by atoms with Crippen LogP contribution in [0.5, 0.6) is 0 Å². The van der Waals surface area contributed by atoms with Gasteiger partial charge >= 0.3 is 0 Å². The number of amides is 1. The first-order valence-corrected chi connectivity index (χ1v) is 8.83. The molecule has 0 aliphatic carbocycles. The molecule has 1 saturated heterocycles. The maximum atomic E-state index is 13.0. The van der Waals surface area contributed by atoms with Crippen LogP contribution in [0.15, 0.2) is 30.3 Å². The average molecular weight is 326 g/mol. The number of aryl methyl sites for hydroxylation is 1. The standard InChI is InChI=1S/C19H26N4O/c1-3-12-23(16-8-10-20-11-9-16)19(24)18-13-17(21-22-18)15-6-4-14(2)5-7-15/h4-7,13,16,20H,3,8-12H2,1-2H3,(H,21,22). The highest BCUT2D eigenvalue weighted by Gasteiger charge is 2.26. The number of H-pyrrole nitrogens is 1. The van der Waals surface area contributed by atoms with E-state index < -0.39 is 0 Å². The third-order valence-corrected chi connectivity index (χ3v) is 4.63. The van der Waals surface area contributed by atoms with Gasteiger partial charge in [0, 0.05) is 18.2 Å². The highest BCUT2D eigenvalue weighted by Crippen LogP contribution is 2.21. The molecule has 3 rings (SSSR count). The van der Waals surface area contributed by atoms with Crippen molar-refractivity contribution in [3.8, 4) is 11.3 Å². The van der Waals surface area contributed by atoms with Crippen molar-refractivity contribution < 1.29 is 4.79 Å². The van der Waals surface area contributed by atoms with Crippen molar-refractivity contribution in [1.82, 2.24) is 20.4 Å². The van der Waals surface area contributed by atoms with Crippen LogP contribution in [0.4, 0.5) is 0 Å². The molecule has 0 saturated carbocycles. The number of aromatic nitrogens is 2. The van der Waals surface area contributed by atoms with Gasteiger partial charge in [-0.25, -0.2) is 0 Å². The molecule has 0 unspecified atom stereocenters. The molecule has 0 spiro atoms. The van der Waals surface area contributed by atoms with E-state index >= 15 is 0 Å². The Morgan fingerprint density at radius 3 is 2.62 bits per heavy atom. The average Bonchev–Trinajstić information content (AvgIpc) is 3.10. The largest absolute Gasteiger partial charge is 0.334 e. The van der Waals surface area contributed by atoms with E-state index in [4.69, 9.17) is 0 Å². The summed E-state index contributed by atoms with van der Waals surface area (Å²) >= 11 is 0. The second-order valence-electron chi connectivity index (χ2n) is 6.51. The molecule has 1 fully saturated rings. The highest BCUT2D eigenvalue weighted by molar-refractivity contribution is 5.93. The van der Waals surface area contributed by atoms with Gasteiger partial charge in [0.1, 0.15) is 5.69 Å². The lowest BCUT2D eigenvalue weighted by Gasteiger charge is -2.34. The van der Waals surface area contributed by atoms with Crippen LogP contribution in [0.1, 0.15) is 42.2 Å². The summed E-state index contributed by atoms with van der Waals surface area (Å²) in [6.07, 6.45) is 3.00. The molecule has 24 heavy (non-hydrogen) atoms. The Kier molecular flexibility index (Phi) is 5.30. The Balaban J connectivity index is 1.78. The number of nitrogens with one attached hydrogen (secondary N) is 2. The first kappa shape index (κ1) is 16.7. The van der Waals surface area contributed by atoms with Gasteiger partial charge in [-0.05, 0) is 45.3 Å². The summed E-state index contributed by atoms with van der Waals surface area (Å²) in [5.74, 6) is 0.0645. The molecular weight excluding hydrogens is 300 g/mol. The summed E-state index contributed by atoms with van der Waals surface area (Å²) in [7, 11) is 0. The van der Waals surface area contributed by atoms with Gasteiger partial charge in [-0.15, -0.1) is 0 Å². The van der Waals surface area contributed by atoms with Crippen molar-refractivity contribution in [2.45, 2.75) is 39.2 Å². The van der Waals surface area contributed by atoms with Gasteiger partial charge in [0.15, 0.2) is 0 Å². The summed E-state index contributed by atoms with van der Waals surface area (Å²) in [6.45, 7) is 6.94. The van der Waals surface area contributed by atoms with E-state index in [1.807, 2.05) is 23.1 Å². The van der Waals surface area contributed by atoms with Gasteiger partial charge in [-0.2, -0.15) is 5.10 Å². The van der Waals surface area contributed by atoms with E-state index in [1.165, 1.54) is 5.56 Å². The third kappa shape index (κ3) is 3.67. The van der Waals surface area contributed by atoms with Crippen LogP contribution >= 0.6 is 0 Å². The zero-order valence-electron chi connectivity index (χ0n) is 14.5. The molecule has 2 aromatic rings. The van der Waals surface area contributed by atoms with Crippen molar-refractivity contribution in [3.63, 3.8) is 0 Å². The Hall–Kier alpha value is -2.14. The van der Waals surface area contributed by atoms with Gasteiger partial charge < -0.3 is 10.2 Å². The van der Waals surface area contributed by atoms with Gasteiger partial charge in [-0.3, -0.25) is 9.89 Å². The Morgan fingerprint density at radius 1 is 1.25 bits per heavy atom. The lowest BCUT2D eigenvalue weighted by Crippen LogP contribution is -2.46. The lowest BCUT2D eigenvalue weighted by molar-refractivity contribution is 0.0636. The molecule has 0 bridgehead atoms. The SMILES string of the molecule is CCCN(C(=O)c1cc(-c2ccc(C)cc2)n[nH]1)C1CCNCC1.